The summed E-state index contributed by atoms with van der Waals surface area (Å²) in [7, 11) is 0. The summed E-state index contributed by atoms with van der Waals surface area (Å²) >= 11 is -1.24. The van der Waals surface area contributed by atoms with Gasteiger partial charge in [0.1, 0.15) is 21.9 Å². The van der Waals surface area contributed by atoms with Crippen LogP contribution < -0.4 is 15.2 Å². The van der Waals surface area contributed by atoms with Crippen molar-refractivity contribution in [1.29, 1.82) is 0 Å². The highest BCUT2D eigenvalue weighted by atomic mass is 32.2. The average Bonchev–Trinajstić information content (AvgIpc) is 2.73. The Morgan fingerprint density at radius 2 is 2.14 bits per heavy atom. The molecule has 0 fully saturated rings. The van der Waals surface area contributed by atoms with E-state index in [1.165, 1.54) is 12.1 Å². The van der Waals surface area contributed by atoms with Crippen LogP contribution in [-0.2, 0) is 17.8 Å². The molecule has 6 heteroatoms. The first kappa shape index (κ1) is 17.5. The molecule has 1 aromatic rings. The maximum atomic E-state index is 13.9. The summed E-state index contributed by atoms with van der Waals surface area (Å²) in [6, 6.07) is 2.65. The van der Waals surface area contributed by atoms with Crippen molar-refractivity contribution in [3.63, 3.8) is 0 Å². The zero-order valence-electron chi connectivity index (χ0n) is 13.8. The molecule has 0 spiro atoms. The lowest BCUT2D eigenvalue weighted by atomic mass is 9.97. The Kier molecular flexibility index (Phi) is 4.78. The monoisotopic (exact) mass is 328 g/mol. The van der Waals surface area contributed by atoms with Crippen LogP contribution in [-0.4, -0.2) is 21.4 Å². The van der Waals surface area contributed by atoms with E-state index in [1.807, 2.05) is 34.6 Å². The molecule has 1 aliphatic heterocycles. The zero-order chi connectivity index (χ0) is 16.7. The minimum Gasteiger partial charge on any atom is -0.598 e. The second kappa shape index (κ2) is 6.00. The molecular weight excluding hydrogens is 303 g/mol. The van der Waals surface area contributed by atoms with Gasteiger partial charge in [0.25, 0.3) is 0 Å². The Bertz CT molecular complexity index is 562. The van der Waals surface area contributed by atoms with Crippen molar-refractivity contribution in [1.82, 2.24) is 4.72 Å². The van der Waals surface area contributed by atoms with Crippen molar-refractivity contribution in [3.8, 4) is 5.75 Å². The van der Waals surface area contributed by atoms with Gasteiger partial charge >= 0.3 is 0 Å². The number of nitrogens with two attached hydrogens (primary N) is 1. The first-order valence-corrected chi connectivity index (χ1v) is 8.60. The van der Waals surface area contributed by atoms with Crippen molar-refractivity contribution < 1.29 is 13.7 Å². The van der Waals surface area contributed by atoms with Gasteiger partial charge in [-0.1, -0.05) is 0 Å². The molecule has 2 unspecified atom stereocenters. The van der Waals surface area contributed by atoms with Crippen molar-refractivity contribution in [2.75, 3.05) is 6.54 Å². The Hall–Kier alpha value is -0.820. The molecule has 3 N–H and O–H groups in total. The summed E-state index contributed by atoms with van der Waals surface area (Å²) in [5, 5.41) is 0. The highest BCUT2D eigenvalue weighted by Crippen LogP contribution is 2.40. The van der Waals surface area contributed by atoms with E-state index in [9.17, 15) is 8.94 Å². The fourth-order valence-electron chi connectivity index (χ4n) is 2.45. The van der Waals surface area contributed by atoms with Crippen molar-refractivity contribution in [2.24, 2.45) is 5.73 Å². The third-order valence-electron chi connectivity index (χ3n) is 3.81. The Morgan fingerprint density at radius 1 is 1.50 bits per heavy atom. The van der Waals surface area contributed by atoms with E-state index in [-0.39, 0.29) is 11.9 Å². The standard InChI is InChI=1S/C16H25FN2O2S/c1-10(19-22(20)15(2,3)4)13-7-12(17)6-11-8-16(5,9-18)21-14(11)13/h6-7,10,19H,8-9,18H2,1-5H3/t10-,16?,22?/m1/s1. The average molecular weight is 328 g/mol. The van der Waals surface area contributed by atoms with Crippen LogP contribution in [0.2, 0.25) is 0 Å². The minimum absolute atomic E-state index is 0.287. The Morgan fingerprint density at radius 3 is 2.68 bits per heavy atom. The molecule has 0 amide bonds. The lowest BCUT2D eigenvalue weighted by Crippen LogP contribution is -2.41. The third-order valence-corrected chi connectivity index (χ3v) is 5.49. The van der Waals surface area contributed by atoms with Gasteiger partial charge in [-0.2, -0.15) is 0 Å². The zero-order valence-corrected chi connectivity index (χ0v) is 14.6. The van der Waals surface area contributed by atoms with Crippen molar-refractivity contribution in [2.45, 2.75) is 57.4 Å². The molecule has 22 heavy (non-hydrogen) atoms. The first-order valence-electron chi connectivity index (χ1n) is 7.45. The van der Waals surface area contributed by atoms with Crippen LogP contribution in [0.5, 0.6) is 5.75 Å². The van der Waals surface area contributed by atoms with Gasteiger partial charge in [-0.3, -0.25) is 0 Å². The maximum absolute atomic E-state index is 13.9. The quantitative estimate of drug-likeness (QED) is 0.834. The van der Waals surface area contributed by atoms with Gasteiger partial charge in [-0.15, -0.1) is 4.72 Å². The molecular formula is C16H25FN2O2S. The third kappa shape index (κ3) is 3.56. The molecule has 0 saturated heterocycles. The van der Waals surface area contributed by atoms with E-state index in [1.54, 1.807) is 0 Å². The van der Waals surface area contributed by atoms with Gasteiger partial charge in [0.05, 0.1) is 6.04 Å². The van der Waals surface area contributed by atoms with E-state index < -0.39 is 21.7 Å². The van der Waals surface area contributed by atoms with Crippen LogP contribution in [0.25, 0.3) is 0 Å². The molecule has 2 rings (SSSR count). The number of benzene rings is 1. The van der Waals surface area contributed by atoms with Crippen LogP contribution in [0.4, 0.5) is 4.39 Å². The number of hydrogen-bond acceptors (Lipinski definition) is 4. The summed E-state index contributed by atoms with van der Waals surface area (Å²) in [5.41, 5.74) is 6.76. The number of nitrogens with one attached hydrogen (secondary N) is 1. The van der Waals surface area contributed by atoms with Crippen LogP contribution >= 0.6 is 0 Å². The van der Waals surface area contributed by atoms with Crippen LogP contribution in [0, 0.1) is 5.82 Å². The predicted molar refractivity (Wildman–Crippen MR) is 87.6 cm³/mol. The predicted octanol–water partition coefficient (Wildman–Crippen LogP) is 2.59. The summed E-state index contributed by atoms with van der Waals surface area (Å²) in [5.74, 6) is 0.356. The maximum Gasteiger partial charge on any atom is 0.136 e. The lowest BCUT2D eigenvalue weighted by molar-refractivity contribution is 0.124. The summed E-state index contributed by atoms with van der Waals surface area (Å²) in [6.07, 6.45) is 0.582. The second-order valence-corrected chi connectivity index (χ2v) is 9.13. The van der Waals surface area contributed by atoms with Gasteiger partial charge in [0.2, 0.25) is 0 Å². The minimum atomic E-state index is -1.24. The number of halogens is 1. The SMILES string of the molecule is C[C@@H](N[S+]([O-])C(C)(C)C)c1cc(F)cc2c1OC(C)(CN)C2. The summed E-state index contributed by atoms with van der Waals surface area (Å²) < 4.78 is 34.8. The highest BCUT2D eigenvalue weighted by Gasteiger charge is 2.37. The number of ether oxygens (including phenoxy) is 1. The molecule has 0 aromatic heterocycles. The summed E-state index contributed by atoms with van der Waals surface area (Å²) in [4.78, 5) is 0. The lowest BCUT2D eigenvalue weighted by Gasteiger charge is -2.27. The topological polar surface area (TPSA) is 70.3 Å². The summed E-state index contributed by atoms with van der Waals surface area (Å²) in [6.45, 7) is 9.81. The first-order chi connectivity index (χ1) is 10.1. The number of hydrogen-bond donors (Lipinski definition) is 2. The van der Waals surface area contributed by atoms with E-state index in [4.69, 9.17) is 10.5 Å². The fourth-order valence-corrected chi connectivity index (χ4v) is 3.25. The van der Waals surface area contributed by atoms with E-state index >= 15 is 0 Å². The molecule has 0 aliphatic carbocycles. The van der Waals surface area contributed by atoms with E-state index in [0.29, 0.717) is 24.3 Å². The molecule has 0 radical (unpaired) electrons. The smallest absolute Gasteiger partial charge is 0.136 e. The van der Waals surface area contributed by atoms with Crippen LogP contribution in [0.3, 0.4) is 0 Å². The largest absolute Gasteiger partial charge is 0.598 e. The number of fused-ring (bicyclic) bond motifs is 1. The molecule has 124 valence electrons. The number of rotatable bonds is 4. The molecule has 0 bridgehead atoms. The van der Waals surface area contributed by atoms with Gasteiger partial charge in [0.15, 0.2) is 0 Å². The van der Waals surface area contributed by atoms with E-state index in [0.717, 1.165) is 5.56 Å². The van der Waals surface area contributed by atoms with Crippen molar-refractivity contribution in [3.05, 3.63) is 29.1 Å². The molecule has 1 heterocycles. The molecule has 4 nitrogen and oxygen atoms in total. The molecule has 1 aromatic carbocycles. The fraction of sp³-hybridized carbons (Fsp3) is 0.625. The van der Waals surface area contributed by atoms with Gasteiger partial charge in [-0.05, 0) is 46.8 Å². The van der Waals surface area contributed by atoms with Crippen molar-refractivity contribution >= 4 is 11.4 Å². The van der Waals surface area contributed by atoms with Crippen LogP contribution in [0.15, 0.2) is 12.1 Å². The molecule has 0 saturated carbocycles. The van der Waals surface area contributed by atoms with E-state index in [2.05, 4.69) is 4.72 Å². The van der Waals surface area contributed by atoms with Crippen LogP contribution in [0.1, 0.15) is 51.8 Å². The normalized spacial score (nSPS) is 23.8. The Balaban J connectivity index is 2.30. The van der Waals surface area contributed by atoms with Gasteiger partial charge in [-0.25, -0.2) is 4.39 Å². The Labute approximate surface area is 134 Å². The molecule has 3 atom stereocenters. The highest BCUT2D eigenvalue weighted by molar-refractivity contribution is 7.90. The second-order valence-electron chi connectivity index (χ2n) is 7.14. The van der Waals surface area contributed by atoms with Gasteiger partial charge < -0.3 is 15.0 Å². The molecule has 1 aliphatic rings. The van der Waals surface area contributed by atoms with Gasteiger partial charge in [0, 0.05) is 35.5 Å².